The number of anilines is 2. The number of nitrogens with zero attached hydrogens (tertiary/aromatic N) is 1. The van der Waals surface area contributed by atoms with Crippen LogP contribution in [0.15, 0.2) is 48.5 Å². The number of carbonyl (C=O) groups excluding carboxylic acids is 2. The summed E-state index contributed by atoms with van der Waals surface area (Å²) in [5.41, 5.74) is 0.852. The molecule has 0 bridgehead atoms. The maximum Gasteiger partial charge on any atom is 0.241 e. The third kappa shape index (κ3) is 5.09. The quantitative estimate of drug-likeness (QED) is 0.788. The SMILES string of the molecule is CC(C(=O)Nc1ccc(Cl)cc1F)N1CCCC(C(=O)Nc2ccccc2)C1. The molecule has 0 aliphatic carbocycles. The lowest BCUT2D eigenvalue weighted by Crippen LogP contribution is -2.49. The Morgan fingerprint density at radius 3 is 2.64 bits per heavy atom. The van der Waals surface area contributed by atoms with Crippen LogP contribution in [0.1, 0.15) is 19.8 Å². The van der Waals surface area contributed by atoms with Crippen LogP contribution in [0.25, 0.3) is 0 Å². The molecule has 1 aliphatic heterocycles. The van der Waals surface area contributed by atoms with Crippen molar-refractivity contribution in [1.82, 2.24) is 4.90 Å². The first kappa shape index (κ1) is 20.3. The average molecular weight is 404 g/mol. The van der Waals surface area contributed by atoms with E-state index in [1.807, 2.05) is 35.2 Å². The summed E-state index contributed by atoms with van der Waals surface area (Å²) in [6.07, 6.45) is 1.59. The molecule has 7 heteroatoms. The standard InChI is InChI=1S/C21H23ClFN3O2/c1-14(20(27)25-19-10-9-16(22)12-18(19)23)26-11-5-6-15(13-26)21(28)24-17-7-3-2-4-8-17/h2-4,7-10,12,14-15H,5-6,11,13H2,1H3,(H,24,28)(H,25,27). The van der Waals surface area contributed by atoms with E-state index < -0.39 is 11.9 Å². The summed E-state index contributed by atoms with van der Waals surface area (Å²) in [4.78, 5) is 27.1. The molecule has 1 saturated heterocycles. The fourth-order valence-electron chi connectivity index (χ4n) is 3.33. The third-order valence-corrected chi connectivity index (χ3v) is 5.22. The lowest BCUT2D eigenvalue weighted by atomic mass is 9.95. The molecule has 3 rings (SSSR count). The van der Waals surface area contributed by atoms with Crippen LogP contribution in [0.3, 0.4) is 0 Å². The van der Waals surface area contributed by atoms with Gasteiger partial charge in [0.15, 0.2) is 0 Å². The minimum atomic E-state index is -0.577. The second-order valence-electron chi connectivity index (χ2n) is 6.98. The van der Waals surface area contributed by atoms with Gasteiger partial charge in [-0.25, -0.2) is 4.39 Å². The zero-order valence-corrected chi connectivity index (χ0v) is 16.4. The summed E-state index contributed by atoms with van der Waals surface area (Å²) >= 11 is 5.74. The molecule has 2 unspecified atom stereocenters. The van der Waals surface area contributed by atoms with E-state index in [2.05, 4.69) is 10.6 Å². The van der Waals surface area contributed by atoms with E-state index in [1.165, 1.54) is 12.1 Å². The lowest BCUT2D eigenvalue weighted by Gasteiger charge is -2.35. The van der Waals surface area contributed by atoms with E-state index in [-0.39, 0.29) is 28.4 Å². The lowest BCUT2D eigenvalue weighted by molar-refractivity contribution is -0.125. The highest BCUT2D eigenvalue weighted by Gasteiger charge is 2.31. The number of amides is 2. The maximum atomic E-state index is 13.9. The van der Waals surface area contributed by atoms with Crippen molar-refractivity contribution >= 4 is 34.8 Å². The van der Waals surface area contributed by atoms with E-state index in [4.69, 9.17) is 11.6 Å². The van der Waals surface area contributed by atoms with E-state index in [9.17, 15) is 14.0 Å². The average Bonchev–Trinajstić information content (AvgIpc) is 2.70. The molecule has 2 amide bonds. The Labute approximate surface area is 168 Å². The molecule has 148 valence electrons. The number of hydrogen-bond acceptors (Lipinski definition) is 3. The van der Waals surface area contributed by atoms with E-state index in [0.717, 1.165) is 24.6 Å². The van der Waals surface area contributed by atoms with Crippen LogP contribution in [-0.4, -0.2) is 35.8 Å². The number of nitrogens with one attached hydrogen (secondary N) is 2. The van der Waals surface area contributed by atoms with Gasteiger partial charge in [0.25, 0.3) is 0 Å². The molecule has 0 saturated carbocycles. The van der Waals surface area contributed by atoms with Crippen LogP contribution >= 0.6 is 11.6 Å². The zero-order chi connectivity index (χ0) is 20.1. The van der Waals surface area contributed by atoms with Crippen molar-refractivity contribution in [2.75, 3.05) is 23.7 Å². The largest absolute Gasteiger partial charge is 0.326 e. The molecule has 1 aliphatic rings. The van der Waals surface area contributed by atoms with Crippen molar-refractivity contribution in [2.45, 2.75) is 25.8 Å². The number of para-hydroxylation sites is 1. The molecule has 0 radical (unpaired) electrons. The predicted octanol–water partition coefficient (Wildman–Crippen LogP) is 4.16. The summed E-state index contributed by atoms with van der Waals surface area (Å²) in [7, 11) is 0. The smallest absolute Gasteiger partial charge is 0.241 e. The molecule has 2 aromatic carbocycles. The summed E-state index contributed by atoms with van der Waals surface area (Å²) in [6.45, 7) is 2.96. The fourth-order valence-corrected chi connectivity index (χ4v) is 3.49. The van der Waals surface area contributed by atoms with Gasteiger partial charge in [-0.2, -0.15) is 0 Å². The third-order valence-electron chi connectivity index (χ3n) is 4.98. The highest BCUT2D eigenvalue weighted by molar-refractivity contribution is 6.30. The molecular weight excluding hydrogens is 381 g/mol. The first-order chi connectivity index (χ1) is 13.4. The first-order valence-corrected chi connectivity index (χ1v) is 9.67. The Morgan fingerprint density at radius 2 is 1.93 bits per heavy atom. The van der Waals surface area contributed by atoms with Gasteiger partial charge in [0.2, 0.25) is 11.8 Å². The number of rotatable bonds is 5. The molecule has 1 fully saturated rings. The van der Waals surface area contributed by atoms with Gasteiger partial charge in [-0.3, -0.25) is 14.5 Å². The van der Waals surface area contributed by atoms with Crippen molar-refractivity contribution in [3.05, 3.63) is 59.4 Å². The van der Waals surface area contributed by atoms with Crippen molar-refractivity contribution in [3.8, 4) is 0 Å². The van der Waals surface area contributed by atoms with Gasteiger partial charge >= 0.3 is 0 Å². The van der Waals surface area contributed by atoms with Gasteiger partial charge in [-0.05, 0) is 56.6 Å². The maximum absolute atomic E-state index is 13.9. The molecule has 28 heavy (non-hydrogen) atoms. The summed E-state index contributed by atoms with van der Waals surface area (Å²) in [5, 5.41) is 5.80. The Kier molecular flexibility index (Phi) is 6.65. The van der Waals surface area contributed by atoms with E-state index in [0.29, 0.717) is 13.1 Å². The van der Waals surface area contributed by atoms with Gasteiger partial charge in [0, 0.05) is 17.3 Å². The summed E-state index contributed by atoms with van der Waals surface area (Å²) in [6, 6.07) is 12.9. The summed E-state index contributed by atoms with van der Waals surface area (Å²) < 4.78 is 13.9. The minimum Gasteiger partial charge on any atom is -0.326 e. The van der Waals surface area contributed by atoms with Crippen LogP contribution in [-0.2, 0) is 9.59 Å². The number of piperidine rings is 1. The number of likely N-dealkylation sites (tertiary alicyclic amines) is 1. The van der Waals surface area contributed by atoms with Crippen molar-refractivity contribution in [1.29, 1.82) is 0 Å². The first-order valence-electron chi connectivity index (χ1n) is 9.30. The number of benzene rings is 2. The molecule has 5 nitrogen and oxygen atoms in total. The second-order valence-corrected chi connectivity index (χ2v) is 7.42. The van der Waals surface area contributed by atoms with Crippen molar-refractivity contribution in [2.24, 2.45) is 5.92 Å². The predicted molar refractivity (Wildman–Crippen MR) is 109 cm³/mol. The van der Waals surface area contributed by atoms with Crippen molar-refractivity contribution < 1.29 is 14.0 Å². The minimum absolute atomic E-state index is 0.0488. The number of halogens is 2. The molecule has 1 heterocycles. The summed E-state index contributed by atoms with van der Waals surface area (Å²) in [5.74, 6) is -1.14. The molecule has 2 atom stereocenters. The van der Waals surface area contributed by atoms with Crippen molar-refractivity contribution in [3.63, 3.8) is 0 Å². The highest BCUT2D eigenvalue weighted by Crippen LogP contribution is 2.23. The molecular formula is C21H23ClFN3O2. The molecule has 0 aromatic heterocycles. The Hall–Kier alpha value is -2.44. The van der Waals surface area contributed by atoms with Gasteiger partial charge in [0.1, 0.15) is 5.82 Å². The number of carbonyl (C=O) groups is 2. The van der Waals surface area contributed by atoms with Gasteiger partial charge in [0.05, 0.1) is 17.6 Å². The normalized spacial score (nSPS) is 18.3. The molecule has 2 N–H and O–H groups in total. The second kappa shape index (κ2) is 9.17. The van der Waals surface area contributed by atoms with Crippen LogP contribution in [0.4, 0.5) is 15.8 Å². The number of hydrogen-bond donors (Lipinski definition) is 2. The van der Waals surface area contributed by atoms with Crippen LogP contribution in [0, 0.1) is 11.7 Å². The van der Waals surface area contributed by atoms with Crippen LogP contribution in [0.2, 0.25) is 5.02 Å². The zero-order valence-electron chi connectivity index (χ0n) is 15.6. The van der Waals surface area contributed by atoms with E-state index in [1.54, 1.807) is 6.92 Å². The Morgan fingerprint density at radius 1 is 1.18 bits per heavy atom. The Balaban J connectivity index is 1.59. The van der Waals surface area contributed by atoms with Gasteiger partial charge in [-0.1, -0.05) is 29.8 Å². The highest BCUT2D eigenvalue weighted by atomic mass is 35.5. The van der Waals surface area contributed by atoms with Crippen LogP contribution in [0.5, 0.6) is 0 Å². The van der Waals surface area contributed by atoms with Gasteiger partial charge < -0.3 is 10.6 Å². The molecule has 2 aromatic rings. The molecule has 0 spiro atoms. The fraction of sp³-hybridized carbons (Fsp3) is 0.333. The Bertz CT molecular complexity index is 847. The monoisotopic (exact) mass is 403 g/mol. The van der Waals surface area contributed by atoms with Crippen LogP contribution < -0.4 is 10.6 Å². The topological polar surface area (TPSA) is 61.4 Å². The van der Waals surface area contributed by atoms with E-state index >= 15 is 0 Å². The van der Waals surface area contributed by atoms with Gasteiger partial charge in [-0.15, -0.1) is 0 Å².